The quantitative estimate of drug-likeness (QED) is 0.570. The van der Waals surface area contributed by atoms with E-state index in [2.05, 4.69) is 0 Å². The molecule has 0 spiro atoms. The molecule has 0 fully saturated rings. The zero-order chi connectivity index (χ0) is 13.7. The van der Waals surface area contributed by atoms with Gasteiger partial charge in [-0.1, -0.05) is 43.5 Å². The predicted octanol–water partition coefficient (Wildman–Crippen LogP) is 0.797. The van der Waals surface area contributed by atoms with E-state index in [0.29, 0.717) is 12.0 Å². The van der Waals surface area contributed by atoms with E-state index in [1.807, 2.05) is 6.92 Å². The molecule has 0 aliphatic carbocycles. The van der Waals surface area contributed by atoms with Crippen molar-refractivity contribution in [3.05, 3.63) is 33.8 Å². The Morgan fingerprint density at radius 3 is 2.26 bits per heavy atom. The molecule has 0 amide bonds. The van der Waals surface area contributed by atoms with E-state index in [1.54, 1.807) is 0 Å². The van der Waals surface area contributed by atoms with Crippen molar-refractivity contribution in [2.75, 3.05) is 0 Å². The minimum Gasteiger partial charge on any atom is -0.545 e. The van der Waals surface area contributed by atoms with E-state index in [1.165, 1.54) is 12.1 Å². The Labute approximate surface area is 127 Å². The molecule has 0 atom stereocenters. The van der Waals surface area contributed by atoms with E-state index in [4.69, 9.17) is 11.6 Å². The third-order valence-electron chi connectivity index (χ3n) is 2.70. The van der Waals surface area contributed by atoms with Gasteiger partial charge in [-0.25, -0.2) is 0 Å². The summed E-state index contributed by atoms with van der Waals surface area (Å²) in [5.74, 6) is -3.17. The van der Waals surface area contributed by atoms with Crippen LogP contribution in [0.25, 0.3) is 0 Å². The first kappa shape index (κ1) is 18.0. The molecule has 1 rings (SSSR count). The number of hydrogen-bond donors (Lipinski definition) is 0. The molecule has 0 unspecified atom stereocenters. The Bertz CT molecular complexity index is 474. The van der Waals surface area contributed by atoms with Gasteiger partial charge in [-0.15, -0.1) is 0 Å². The van der Waals surface area contributed by atoms with Crippen LogP contribution in [0.5, 0.6) is 0 Å². The largest absolute Gasteiger partial charge is 2.00 e. The van der Waals surface area contributed by atoms with Gasteiger partial charge in [0.2, 0.25) is 0 Å². The summed E-state index contributed by atoms with van der Waals surface area (Å²) in [4.78, 5) is 21.7. The molecule has 6 heteroatoms. The van der Waals surface area contributed by atoms with Crippen molar-refractivity contribution in [2.24, 2.45) is 0 Å². The summed E-state index contributed by atoms with van der Waals surface area (Å²) in [5, 5.41) is 21.7. The standard InChI is InChI=1S/C13H15ClO4.Cu/c1-2-3-4-5-8-6-7-9(12(15)16)10(11(8)14)13(17)18;/h6-7H,2-5H2,1H3,(H,15,16)(H,17,18);/q;+2/p-2. The molecule has 0 aliphatic rings. The van der Waals surface area contributed by atoms with E-state index in [-0.39, 0.29) is 22.1 Å². The molecular weight excluding hydrogens is 319 g/mol. The van der Waals surface area contributed by atoms with Crippen molar-refractivity contribution < 1.29 is 36.9 Å². The zero-order valence-electron chi connectivity index (χ0n) is 10.3. The molecule has 0 bridgehead atoms. The molecule has 0 aliphatic heterocycles. The molecule has 0 N–H and O–H groups in total. The SMILES string of the molecule is CCCCCc1ccc(C(=O)[O-])c(C(=O)[O-])c1Cl.[Cu+2]. The minimum atomic E-state index is -1.60. The number of carboxylic acid groups (broad SMARTS) is 2. The van der Waals surface area contributed by atoms with Gasteiger partial charge < -0.3 is 19.8 Å². The van der Waals surface area contributed by atoms with Gasteiger partial charge in [0.05, 0.1) is 17.0 Å². The number of hydrogen-bond acceptors (Lipinski definition) is 4. The second kappa shape index (κ2) is 8.20. The number of carboxylic acids is 2. The summed E-state index contributed by atoms with van der Waals surface area (Å²) in [6.45, 7) is 2.05. The second-order valence-corrected chi connectivity index (χ2v) is 4.37. The minimum absolute atomic E-state index is 0. The third kappa shape index (κ3) is 4.53. The summed E-state index contributed by atoms with van der Waals surface area (Å²) < 4.78 is 0. The van der Waals surface area contributed by atoms with Crippen molar-refractivity contribution in [2.45, 2.75) is 32.6 Å². The van der Waals surface area contributed by atoms with Crippen LogP contribution >= 0.6 is 11.6 Å². The number of halogens is 1. The third-order valence-corrected chi connectivity index (χ3v) is 3.13. The molecule has 0 heterocycles. The van der Waals surface area contributed by atoms with Gasteiger partial charge >= 0.3 is 17.1 Å². The van der Waals surface area contributed by atoms with Crippen molar-refractivity contribution in [1.29, 1.82) is 0 Å². The number of aryl methyl sites for hydroxylation is 1. The first-order valence-electron chi connectivity index (χ1n) is 5.73. The van der Waals surface area contributed by atoms with Crippen LogP contribution in [-0.2, 0) is 23.5 Å². The number of carbonyl (C=O) groups excluding carboxylic acids is 2. The maximum Gasteiger partial charge on any atom is 2.00 e. The van der Waals surface area contributed by atoms with Crippen LogP contribution in [0.1, 0.15) is 52.5 Å². The van der Waals surface area contributed by atoms with E-state index in [9.17, 15) is 19.8 Å². The summed E-state index contributed by atoms with van der Waals surface area (Å²) >= 11 is 5.92. The average Bonchev–Trinajstić information content (AvgIpc) is 2.30. The Morgan fingerprint density at radius 2 is 1.79 bits per heavy atom. The number of carbonyl (C=O) groups is 2. The molecular formula is C13H13ClCuO4. The molecule has 19 heavy (non-hydrogen) atoms. The van der Waals surface area contributed by atoms with Gasteiger partial charge in [-0.2, -0.15) is 0 Å². The fraction of sp³-hybridized carbons (Fsp3) is 0.385. The maximum atomic E-state index is 10.9. The number of unbranched alkanes of at least 4 members (excludes halogenated alkanes) is 2. The molecule has 107 valence electrons. The van der Waals surface area contributed by atoms with Crippen LogP contribution in [0, 0.1) is 0 Å². The molecule has 0 saturated carbocycles. The van der Waals surface area contributed by atoms with Crippen LogP contribution in [0.4, 0.5) is 0 Å². The number of benzene rings is 1. The second-order valence-electron chi connectivity index (χ2n) is 3.99. The molecule has 1 aromatic rings. The van der Waals surface area contributed by atoms with E-state index >= 15 is 0 Å². The van der Waals surface area contributed by atoms with Gasteiger partial charge in [0, 0.05) is 11.1 Å². The van der Waals surface area contributed by atoms with Gasteiger partial charge in [0.15, 0.2) is 0 Å². The average molecular weight is 332 g/mol. The van der Waals surface area contributed by atoms with Gasteiger partial charge in [-0.3, -0.25) is 0 Å². The monoisotopic (exact) mass is 331 g/mol. The molecule has 4 nitrogen and oxygen atoms in total. The Balaban J connectivity index is 0.00000324. The van der Waals surface area contributed by atoms with Crippen molar-refractivity contribution in [3.63, 3.8) is 0 Å². The molecule has 1 aromatic carbocycles. The number of aromatic carboxylic acids is 2. The fourth-order valence-corrected chi connectivity index (χ4v) is 2.08. The Morgan fingerprint density at radius 1 is 1.16 bits per heavy atom. The molecule has 1 radical (unpaired) electrons. The smallest absolute Gasteiger partial charge is 0.545 e. The van der Waals surface area contributed by atoms with E-state index < -0.39 is 23.1 Å². The van der Waals surface area contributed by atoms with Gasteiger partial charge in [0.25, 0.3) is 0 Å². The normalized spacial score (nSPS) is 9.79. The van der Waals surface area contributed by atoms with Crippen LogP contribution in [0.2, 0.25) is 5.02 Å². The van der Waals surface area contributed by atoms with Crippen LogP contribution < -0.4 is 10.2 Å². The maximum absolute atomic E-state index is 10.9. The van der Waals surface area contributed by atoms with Crippen molar-refractivity contribution in [3.8, 4) is 0 Å². The topological polar surface area (TPSA) is 80.3 Å². The van der Waals surface area contributed by atoms with Crippen molar-refractivity contribution in [1.82, 2.24) is 0 Å². The van der Waals surface area contributed by atoms with E-state index in [0.717, 1.165) is 19.3 Å². The van der Waals surface area contributed by atoms with Crippen molar-refractivity contribution >= 4 is 23.5 Å². The predicted molar refractivity (Wildman–Crippen MR) is 63.3 cm³/mol. The fourth-order valence-electron chi connectivity index (χ4n) is 1.75. The van der Waals surface area contributed by atoms with Crippen LogP contribution in [0.3, 0.4) is 0 Å². The molecule has 0 aromatic heterocycles. The zero-order valence-corrected chi connectivity index (χ0v) is 12.0. The summed E-state index contributed by atoms with van der Waals surface area (Å²) in [7, 11) is 0. The summed E-state index contributed by atoms with van der Waals surface area (Å²) in [6.07, 6.45) is 3.51. The summed E-state index contributed by atoms with van der Waals surface area (Å²) in [6, 6.07) is 2.73. The van der Waals surface area contributed by atoms with Crippen LogP contribution in [0.15, 0.2) is 12.1 Å². The first-order chi connectivity index (χ1) is 8.49. The van der Waals surface area contributed by atoms with Crippen LogP contribution in [-0.4, -0.2) is 11.9 Å². The first-order valence-corrected chi connectivity index (χ1v) is 6.10. The van der Waals surface area contributed by atoms with Gasteiger partial charge in [0.1, 0.15) is 0 Å². The number of rotatable bonds is 6. The van der Waals surface area contributed by atoms with Gasteiger partial charge in [-0.05, 0) is 18.4 Å². The Kier molecular flexibility index (Phi) is 7.76. The summed E-state index contributed by atoms with van der Waals surface area (Å²) in [5.41, 5.74) is -0.320. The Hall–Kier alpha value is -1.03. The molecule has 0 saturated heterocycles.